The van der Waals surface area contributed by atoms with Crippen LogP contribution in [0.2, 0.25) is 10.0 Å². The highest BCUT2D eigenvalue weighted by molar-refractivity contribution is 7.88. The van der Waals surface area contributed by atoms with E-state index in [2.05, 4.69) is 0 Å². The van der Waals surface area contributed by atoms with Crippen molar-refractivity contribution >= 4 is 45.2 Å². The summed E-state index contributed by atoms with van der Waals surface area (Å²) in [5, 5.41) is 0.602. The van der Waals surface area contributed by atoms with E-state index in [4.69, 9.17) is 27.9 Å². The van der Waals surface area contributed by atoms with Crippen LogP contribution in [0.3, 0.4) is 0 Å². The summed E-state index contributed by atoms with van der Waals surface area (Å²) in [6.45, 7) is 2.53. The van der Waals surface area contributed by atoms with Crippen molar-refractivity contribution in [2.75, 3.05) is 53.1 Å². The van der Waals surface area contributed by atoms with Gasteiger partial charge in [0.2, 0.25) is 10.0 Å². The molecule has 2 saturated heterocycles. The van der Waals surface area contributed by atoms with E-state index in [9.17, 15) is 31.2 Å². The van der Waals surface area contributed by atoms with Crippen LogP contribution in [0.15, 0.2) is 36.4 Å². The Balaban J connectivity index is 1.63. The second kappa shape index (κ2) is 12.1. The molecule has 42 heavy (non-hydrogen) atoms. The fourth-order valence-electron chi connectivity index (χ4n) is 5.63. The van der Waals surface area contributed by atoms with Crippen molar-refractivity contribution in [3.63, 3.8) is 0 Å². The largest absolute Gasteiger partial charge is 0.496 e. The van der Waals surface area contributed by atoms with Gasteiger partial charge in [-0.3, -0.25) is 4.79 Å². The number of carbonyl (C=O) groups is 2. The maximum Gasteiger partial charge on any atom is 0.419 e. The molecule has 0 spiro atoms. The molecule has 230 valence electrons. The Bertz CT molecular complexity index is 1480. The average molecular weight is 652 g/mol. The van der Waals surface area contributed by atoms with Crippen molar-refractivity contribution in [3.05, 3.63) is 63.1 Å². The number of likely N-dealkylation sites (N-methyl/N-ethyl adjacent to an activating group) is 1. The van der Waals surface area contributed by atoms with Gasteiger partial charge in [-0.15, -0.1) is 0 Å². The number of sulfonamides is 1. The molecule has 2 aliphatic rings. The van der Waals surface area contributed by atoms with Crippen molar-refractivity contribution in [1.29, 1.82) is 0 Å². The van der Waals surface area contributed by atoms with Crippen molar-refractivity contribution in [1.82, 2.24) is 19.0 Å². The molecule has 0 radical (unpaired) electrons. The summed E-state index contributed by atoms with van der Waals surface area (Å²) >= 11 is 12.4. The molecular weight excluding hydrogens is 620 g/mol. The number of likely N-dealkylation sites (tertiary alicyclic amines) is 1. The zero-order valence-electron chi connectivity index (χ0n) is 23.4. The van der Waals surface area contributed by atoms with Crippen LogP contribution in [0, 0.1) is 0 Å². The van der Waals surface area contributed by atoms with E-state index in [0.29, 0.717) is 10.6 Å². The van der Waals surface area contributed by atoms with Gasteiger partial charge in [0.05, 0.1) is 35.0 Å². The lowest BCUT2D eigenvalue weighted by Gasteiger charge is -2.39. The fraction of sp³-hybridized carbons (Fsp3) is 0.481. The van der Waals surface area contributed by atoms with Crippen molar-refractivity contribution < 1.29 is 35.9 Å². The predicted octanol–water partition coefficient (Wildman–Crippen LogP) is 4.65. The summed E-state index contributed by atoms with van der Waals surface area (Å²) in [4.78, 5) is 31.7. The molecule has 9 nitrogen and oxygen atoms in total. The van der Waals surface area contributed by atoms with Gasteiger partial charge in [0.15, 0.2) is 0 Å². The minimum Gasteiger partial charge on any atom is -0.496 e. The first-order valence-corrected chi connectivity index (χ1v) is 15.6. The fourth-order valence-corrected chi connectivity index (χ4v) is 7.07. The molecule has 0 N–H and O–H groups in total. The highest BCUT2D eigenvalue weighted by Gasteiger charge is 2.43. The summed E-state index contributed by atoms with van der Waals surface area (Å²) < 4.78 is 71.3. The second-order valence-corrected chi connectivity index (χ2v) is 13.3. The molecule has 3 amide bonds. The average Bonchev–Trinajstić information content (AvgIpc) is 3.37. The first-order valence-electron chi connectivity index (χ1n) is 13.0. The molecule has 2 aromatic carbocycles. The van der Waals surface area contributed by atoms with E-state index in [1.54, 1.807) is 34.9 Å². The van der Waals surface area contributed by atoms with Crippen molar-refractivity contribution in [2.24, 2.45) is 0 Å². The van der Waals surface area contributed by atoms with Gasteiger partial charge in [0.1, 0.15) is 5.75 Å². The molecule has 3 atom stereocenters. The third-order valence-electron chi connectivity index (χ3n) is 7.76. The number of piperazine rings is 1. The monoisotopic (exact) mass is 650 g/mol. The minimum absolute atomic E-state index is 0.0922. The zero-order chi connectivity index (χ0) is 31.1. The first kappa shape index (κ1) is 32.2. The number of nitrogens with zero attached hydrogens (tertiary/aromatic N) is 4. The molecule has 0 aromatic heterocycles. The maximum absolute atomic E-state index is 13.7. The summed E-state index contributed by atoms with van der Waals surface area (Å²) in [6.07, 6.45) is -3.61. The molecule has 15 heteroatoms. The van der Waals surface area contributed by atoms with Crippen LogP contribution >= 0.6 is 23.2 Å². The lowest BCUT2D eigenvalue weighted by molar-refractivity contribution is -0.138. The second-order valence-electron chi connectivity index (χ2n) is 10.5. The van der Waals surface area contributed by atoms with Crippen LogP contribution in [0.1, 0.15) is 34.3 Å². The number of alkyl halides is 3. The van der Waals surface area contributed by atoms with Crippen LogP contribution in [0.25, 0.3) is 0 Å². The lowest BCUT2D eigenvalue weighted by atomic mass is 9.93. The minimum atomic E-state index is -4.74. The molecule has 2 fully saturated rings. The molecule has 0 aliphatic carbocycles. The van der Waals surface area contributed by atoms with Crippen LogP contribution in [-0.4, -0.2) is 105 Å². The topological polar surface area (TPSA) is 90.5 Å². The van der Waals surface area contributed by atoms with Gasteiger partial charge in [-0.2, -0.15) is 17.5 Å². The van der Waals surface area contributed by atoms with Crippen molar-refractivity contribution in [2.45, 2.75) is 31.1 Å². The molecule has 2 aromatic rings. The normalized spacial score (nSPS) is 21.9. The predicted molar refractivity (Wildman–Crippen MR) is 153 cm³/mol. The summed E-state index contributed by atoms with van der Waals surface area (Å²) in [7, 11) is -0.833. The number of hydrogen-bond acceptors (Lipinski definition) is 5. The van der Waals surface area contributed by atoms with Gasteiger partial charge in [0, 0.05) is 57.3 Å². The standard InChI is InChI=1S/C27H31Cl2F3N4O5S/c1-16-13-34(9-10-36(16)42(4,39)40)26(38)35-14-19(17-5-7-21(28)22(29)12-17)23(15-35)33(2)25(37)18-6-8-24(41-3)20(11-18)27(30,31)32/h5-8,11-12,16,19,23H,9-10,13-15H2,1-4H3/t16-,19-,23?/m0/s1. The quantitative estimate of drug-likeness (QED) is 0.470. The maximum atomic E-state index is 13.7. The van der Waals surface area contributed by atoms with E-state index >= 15 is 0 Å². The van der Waals surface area contributed by atoms with Gasteiger partial charge in [0.25, 0.3) is 5.91 Å². The zero-order valence-corrected chi connectivity index (χ0v) is 25.7. The number of halogens is 5. The van der Waals surface area contributed by atoms with Crippen LogP contribution in [-0.2, 0) is 16.2 Å². The Morgan fingerprint density at radius 1 is 1.00 bits per heavy atom. The smallest absolute Gasteiger partial charge is 0.419 e. The van der Waals surface area contributed by atoms with Crippen molar-refractivity contribution in [3.8, 4) is 5.75 Å². The van der Waals surface area contributed by atoms with Gasteiger partial charge >= 0.3 is 12.2 Å². The summed E-state index contributed by atoms with van der Waals surface area (Å²) in [6, 6.07) is 6.74. The molecule has 0 bridgehead atoms. The molecule has 1 unspecified atom stereocenters. The number of carbonyl (C=O) groups excluding carboxylic acids is 2. The Morgan fingerprint density at radius 3 is 2.26 bits per heavy atom. The molecule has 2 heterocycles. The van der Waals surface area contributed by atoms with Crippen LogP contribution in [0.5, 0.6) is 5.75 Å². The highest BCUT2D eigenvalue weighted by Crippen LogP contribution is 2.38. The molecule has 0 saturated carbocycles. The summed E-state index contributed by atoms with van der Waals surface area (Å²) in [5.74, 6) is -1.51. The Labute approximate surface area is 252 Å². The van der Waals surface area contributed by atoms with E-state index in [0.717, 1.165) is 25.5 Å². The van der Waals surface area contributed by atoms with E-state index in [1.165, 1.54) is 22.3 Å². The molecular formula is C27H31Cl2F3N4O5S. The van der Waals surface area contributed by atoms with Gasteiger partial charge in [-0.25, -0.2) is 13.2 Å². The molecule has 4 rings (SSSR count). The molecule has 2 aliphatic heterocycles. The Kier molecular flexibility index (Phi) is 9.27. The number of benzene rings is 2. The number of methoxy groups -OCH3 is 1. The van der Waals surface area contributed by atoms with Gasteiger partial charge in [-0.05, 0) is 42.8 Å². The third-order valence-corrected chi connectivity index (χ3v) is 9.90. The van der Waals surface area contributed by atoms with Crippen LogP contribution in [0.4, 0.5) is 18.0 Å². The number of rotatable bonds is 5. The number of ether oxygens (including phenoxy) is 1. The van der Waals surface area contributed by atoms with E-state index < -0.39 is 51.4 Å². The van der Waals surface area contributed by atoms with Crippen LogP contribution < -0.4 is 4.74 Å². The lowest BCUT2D eigenvalue weighted by Crippen LogP contribution is -2.57. The highest BCUT2D eigenvalue weighted by atomic mass is 35.5. The van der Waals surface area contributed by atoms with E-state index in [1.807, 2.05) is 0 Å². The Morgan fingerprint density at radius 2 is 1.69 bits per heavy atom. The van der Waals surface area contributed by atoms with Gasteiger partial charge < -0.3 is 19.4 Å². The van der Waals surface area contributed by atoms with Gasteiger partial charge in [-0.1, -0.05) is 29.3 Å². The van der Waals surface area contributed by atoms with E-state index in [-0.39, 0.29) is 49.3 Å². The summed E-state index contributed by atoms with van der Waals surface area (Å²) in [5.41, 5.74) is -0.560. The number of urea groups is 1. The Hall–Kier alpha value is -2.74. The number of amides is 3. The third kappa shape index (κ3) is 6.58. The number of hydrogen-bond donors (Lipinski definition) is 0. The first-order chi connectivity index (χ1) is 19.5. The SMILES string of the molecule is COc1ccc(C(=O)N(C)C2CN(C(=O)N3CCN(S(C)(=O)=O)[C@@H](C)C3)C[C@H]2c2ccc(Cl)c(Cl)c2)cc1C(F)(F)F.